The van der Waals surface area contributed by atoms with E-state index < -0.39 is 29.3 Å². The van der Waals surface area contributed by atoms with Gasteiger partial charge in [-0.15, -0.1) is 0 Å². The van der Waals surface area contributed by atoms with E-state index in [2.05, 4.69) is 5.32 Å². The first-order valence-electron chi connectivity index (χ1n) is 6.64. The van der Waals surface area contributed by atoms with Crippen LogP contribution in [0.3, 0.4) is 0 Å². The predicted molar refractivity (Wildman–Crippen MR) is 72.8 cm³/mol. The number of nitrogens with one attached hydrogen (secondary N) is 1. The fraction of sp³-hybridized carbons (Fsp3) is 0.250. The average molecular weight is 297 g/mol. The van der Waals surface area contributed by atoms with Gasteiger partial charge in [0.15, 0.2) is 0 Å². The Morgan fingerprint density at radius 2 is 1.57 bits per heavy atom. The molecule has 0 aliphatic rings. The first-order valence-corrected chi connectivity index (χ1v) is 6.64. The Labute approximate surface area is 120 Å². The van der Waals surface area contributed by atoms with Gasteiger partial charge in [-0.3, -0.25) is 0 Å². The van der Waals surface area contributed by atoms with Crippen LogP contribution in [0.5, 0.6) is 0 Å². The summed E-state index contributed by atoms with van der Waals surface area (Å²) in [5.74, 6) is -3.37. The monoisotopic (exact) mass is 297 g/mol. The lowest BCUT2D eigenvalue weighted by Crippen LogP contribution is -2.25. The minimum Gasteiger partial charge on any atom is -0.310 e. The topological polar surface area (TPSA) is 12.0 Å². The number of likely N-dealkylation sites (N-methyl/N-ethyl adjacent to an activating group) is 1. The molecule has 21 heavy (non-hydrogen) atoms. The molecule has 0 amide bonds. The van der Waals surface area contributed by atoms with Crippen molar-refractivity contribution in [2.24, 2.45) is 0 Å². The summed E-state index contributed by atoms with van der Waals surface area (Å²) in [6, 6.07) is 6.52. The van der Waals surface area contributed by atoms with Crippen molar-refractivity contribution in [3.05, 3.63) is 70.8 Å². The first kappa shape index (κ1) is 15.5. The standard InChI is InChI=1S/C16H15F4N/c1-2-21-15(7-10-5-3-4-6-12(10)18)16-13(19)8-11(17)9-14(16)20/h3-6,8-9,15,21H,2,7H2,1H3. The molecule has 1 nitrogen and oxygen atoms in total. The maximum absolute atomic E-state index is 13.9. The zero-order valence-corrected chi connectivity index (χ0v) is 11.5. The average Bonchev–Trinajstić information content (AvgIpc) is 2.40. The summed E-state index contributed by atoms with van der Waals surface area (Å²) in [4.78, 5) is 0. The van der Waals surface area contributed by atoms with E-state index in [-0.39, 0.29) is 12.0 Å². The maximum atomic E-state index is 13.9. The van der Waals surface area contributed by atoms with E-state index in [0.717, 1.165) is 0 Å². The van der Waals surface area contributed by atoms with E-state index >= 15 is 0 Å². The summed E-state index contributed by atoms with van der Waals surface area (Å²) in [5.41, 5.74) is 0.0630. The van der Waals surface area contributed by atoms with Gasteiger partial charge in [-0.05, 0) is 24.6 Å². The highest BCUT2D eigenvalue weighted by atomic mass is 19.1. The molecule has 1 N–H and O–H groups in total. The minimum atomic E-state index is -0.977. The van der Waals surface area contributed by atoms with Gasteiger partial charge >= 0.3 is 0 Å². The second kappa shape index (κ2) is 6.72. The van der Waals surface area contributed by atoms with Crippen LogP contribution in [0.4, 0.5) is 17.6 Å². The molecule has 2 rings (SSSR count). The zero-order valence-electron chi connectivity index (χ0n) is 11.5. The van der Waals surface area contributed by atoms with Gasteiger partial charge in [-0.25, -0.2) is 17.6 Å². The van der Waals surface area contributed by atoms with Crippen LogP contribution in [-0.2, 0) is 6.42 Å². The van der Waals surface area contributed by atoms with Crippen LogP contribution in [-0.4, -0.2) is 6.54 Å². The van der Waals surface area contributed by atoms with Crippen molar-refractivity contribution < 1.29 is 17.6 Å². The molecular weight excluding hydrogens is 282 g/mol. The van der Waals surface area contributed by atoms with Crippen molar-refractivity contribution in [3.8, 4) is 0 Å². The summed E-state index contributed by atoms with van der Waals surface area (Å²) in [6.07, 6.45) is 0.0694. The Balaban J connectivity index is 2.38. The van der Waals surface area contributed by atoms with E-state index in [0.29, 0.717) is 24.2 Å². The number of hydrogen-bond acceptors (Lipinski definition) is 1. The summed E-state index contributed by atoms with van der Waals surface area (Å²) in [5, 5.41) is 2.91. The van der Waals surface area contributed by atoms with Crippen molar-refractivity contribution >= 4 is 0 Å². The fourth-order valence-electron chi connectivity index (χ4n) is 2.29. The van der Waals surface area contributed by atoms with E-state index in [9.17, 15) is 17.6 Å². The van der Waals surface area contributed by atoms with Crippen LogP contribution in [0.25, 0.3) is 0 Å². The second-order valence-corrected chi connectivity index (χ2v) is 4.69. The van der Waals surface area contributed by atoms with Gasteiger partial charge < -0.3 is 5.32 Å². The summed E-state index contributed by atoms with van der Waals surface area (Å²) in [6.45, 7) is 2.21. The van der Waals surface area contributed by atoms with Crippen LogP contribution in [0.2, 0.25) is 0 Å². The second-order valence-electron chi connectivity index (χ2n) is 4.69. The van der Waals surface area contributed by atoms with Crippen molar-refractivity contribution in [2.45, 2.75) is 19.4 Å². The first-order chi connectivity index (χ1) is 10.0. The van der Waals surface area contributed by atoms with Gasteiger partial charge in [0.25, 0.3) is 0 Å². The Hall–Kier alpha value is -1.88. The molecule has 0 spiro atoms. The number of benzene rings is 2. The molecule has 112 valence electrons. The molecule has 0 saturated carbocycles. The highest BCUT2D eigenvalue weighted by Crippen LogP contribution is 2.26. The third-order valence-electron chi connectivity index (χ3n) is 3.22. The number of hydrogen-bond donors (Lipinski definition) is 1. The molecule has 0 aliphatic heterocycles. The van der Waals surface area contributed by atoms with Gasteiger partial charge in [0.05, 0.1) is 0 Å². The lowest BCUT2D eigenvalue weighted by molar-refractivity contribution is 0.456. The van der Waals surface area contributed by atoms with Gasteiger partial charge in [-0.1, -0.05) is 25.1 Å². The Kier molecular flexibility index (Phi) is 4.96. The minimum absolute atomic E-state index is 0.0694. The molecule has 1 atom stereocenters. The molecule has 0 fully saturated rings. The van der Waals surface area contributed by atoms with E-state index in [1.165, 1.54) is 6.07 Å². The lowest BCUT2D eigenvalue weighted by atomic mass is 9.97. The summed E-state index contributed by atoms with van der Waals surface area (Å²) in [7, 11) is 0. The molecule has 5 heteroatoms. The van der Waals surface area contributed by atoms with Crippen LogP contribution < -0.4 is 5.32 Å². The van der Waals surface area contributed by atoms with Crippen molar-refractivity contribution in [2.75, 3.05) is 6.54 Å². The van der Waals surface area contributed by atoms with Crippen LogP contribution in [0, 0.1) is 23.3 Å². The molecule has 1 unspecified atom stereocenters. The molecule has 0 saturated heterocycles. The Morgan fingerprint density at radius 1 is 0.952 bits per heavy atom. The van der Waals surface area contributed by atoms with Crippen LogP contribution in [0.15, 0.2) is 36.4 Å². The molecule has 0 aliphatic carbocycles. The maximum Gasteiger partial charge on any atom is 0.133 e. The molecule has 0 bridgehead atoms. The molecule has 0 aromatic heterocycles. The third kappa shape index (κ3) is 3.61. The number of rotatable bonds is 5. The molecule has 0 heterocycles. The highest BCUT2D eigenvalue weighted by Gasteiger charge is 2.22. The van der Waals surface area contributed by atoms with Gasteiger partial charge in [0.1, 0.15) is 23.3 Å². The van der Waals surface area contributed by atoms with E-state index in [1.54, 1.807) is 25.1 Å². The van der Waals surface area contributed by atoms with Gasteiger partial charge in [0, 0.05) is 23.7 Å². The fourth-order valence-corrected chi connectivity index (χ4v) is 2.29. The summed E-state index contributed by atoms with van der Waals surface area (Å²) >= 11 is 0. The van der Waals surface area contributed by atoms with Crippen LogP contribution >= 0.6 is 0 Å². The quantitative estimate of drug-likeness (QED) is 0.818. The Morgan fingerprint density at radius 3 is 2.14 bits per heavy atom. The summed E-state index contributed by atoms with van der Waals surface area (Å²) < 4.78 is 54.4. The van der Waals surface area contributed by atoms with E-state index in [4.69, 9.17) is 0 Å². The number of halogens is 4. The SMILES string of the molecule is CCNC(Cc1ccccc1F)c1c(F)cc(F)cc1F. The van der Waals surface area contributed by atoms with Crippen LogP contribution in [0.1, 0.15) is 24.1 Å². The zero-order chi connectivity index (χ0) is 15.4. The normalized spacial score (nSPS) is 12.4. The van der Waals surface area contributed by atoms with Gasteiger partial charge in [0.2, 0.25) is 0 Å². The predicted octanol–water partition coefficient (Wildman–Crippen LogP) is 4.14. The van der Waals surface area contributed by atoms with Crippen molar-refractivity contribution in [1.29, 1.82) is 0 Å². The lowest BCUT2D eigenvalue weighted by Gasteiger charge is -2.20. The largest absolute Gasteiger partial charge is 0.310 e. The highest BCUT2D eigenvalue weighted by molar-refractivity contribution is 5.28. The molecule has 2 aromatic rings. The van der Waals surface area contributed by atoms with Gasteiger partial charge in [-0.2, -0.15) is 0 Å². The Bertz CT molecular complexity index is 604. The smallest absolute Gasteiger partial charge is 0.133 e. The molecular formula is C16H15F4N. The molecule has 0 radical (unpaired) electrons. The van der Waals surface area contributed by atoms with Crippen molar-refractivity contribution in [3.63, 3.8) is 0 Å². The van der Waals surface area contributed by atoms with Crippen molar-refractivity contribution in [1.82, 2.24) is 5.32 Å². The third-order valence-corrected chi connectivity index (χ3v) is 3.22. The van der Waals surface area contributed by atoms with E-state index in [1.807, 2.05) is 0 Å². The molecule has 2 aromatic carbocycles.